The highest BCUT2D eigenvalue weighted by atomic mass is 28.3. The molecule has 4 N–H and O–H groups in total. The number of hydrogen-bond donors (Lipinski definition) is 4. The number of quaternary nitrogens is 2. The van der Waals surface area contributed by atoms with Crippen LogP contribution in [0.4, 0.5) is 11.4 Å². The number of benzene rings is 2. The largest absolute Gasteiger partial charge is 0.633 e. The predicted octanol–water partition coefficient (Wildman–Crippen LogP) is 3.07. The first-order chi connectivity index (χ1) is 17.4. The molecule has 0 amide bonds. The third-order valence-electron chi connectivity index (χ3n) is 5.89. The van der Waals surface area contributed by atoms with Gasteiger partial charge in [0.15, 0.2) is 0 Å². The Kier molecular flexibility index (Phi) is 7.98. The minimum Gasteiger partial charge on any atom is -0.633 e. The Morgan fingerprint density at radius 3 is 1.76 bits per heavy atom. The number of nitrogens with one attached hydrogen (secondary N) is 2. The summed E-state index contributed by atoms with van der Waals surface area (Å²) in [6.07, 6.45) is 0. The van der Waals surface area contributed by atoms with Crippen LogP contribution in [0.25, 0.3) is 0 Å². The summed E-state index contributed by atoms with van der Waals surface area (Å²) in [5, 5.41) is 51.6. The van der Waals surface area contributed by atoms with Gasteiger partial charge in [0, 0.05) is 11.3 Å². The second-order valence-electron chi connectivity index (χ2n) is 11.6. The van der Waals surface area contributed by atoms with E-state index < -0.39 is 40.4 Å². The first kappa shape index (κ1) is 29.2. The van der Waals surface area contributed by atoms with Gasteiger partial charge in [0.05, 0.1) is 82.3 Å². The molecule has 0 heterocycles. The van der Waals surface area contributed by atoms with Crippen molar-refractivity contribution in [2.24, 2.45) is 0 Å². The van der Waals surface area contributed by atoms with Gasteiger partial charge in [-0.05, 0) is 18.2 Å². The van der Waals surface area contributed by atoms with E-state index in [2.05, 4.69) is 41.7 Å². The summed E-state index contributed by atoms with van der Waals surface area (Å²) in [6.45, 7) is 6.98. The average molecular weight is 541 g/mol. The van der Waals surface area contributed by atoms with E-state index in [1.807, 2.05) is 0 Å². The van der Waals surface area contributed by atoms with E-state index in [-0.39, 0.29) is 54.1 Å². The van der Waals surface area contributed by atoms with Gasteiger partial charge in [-0.1, -0.05) is 25.6 Å². The number of hydrogen-bond acceptors (Lipinski definition) is 8. The van der Waals surface area contributed by atoms with Crippen molar-refractivity contribution in [2.75, 3.05) is 65.0 Å². The molecule has 10 nitrogen and oxygen atoms in total. The Labute approximate surface area is 224 Å². The number of phenolic OH excluding ortho intramolecular Hbond substituents is 2. The van der Waals surface area contributed by atoms with Gasteiger partial charge in [0.2, 0.25) is 11.6 Å². The van der Waals surface area contributed by atoms with Crippen LogP contribution in [0.3, 0.4) is 0 Å². The molecule has 0 atom stereocenters. The van der Waals surface area contributed by atoms with E-state index in [1.165, 1.54) is 28.2 Å². The Morgan fingerprint density at radius 2 is 1.29 bits per heavy atom. The molecule has 0 aromatic heterocycles. The lowest BCUT2D eigenvalue weighted by Gasteiger charge is -2.34. The first-order valence-corrected chi connectivity index (χ1v) is 15.8. The Hall–Kier alpha value is -3.40. The van der Waals surface area contributed by atoms with Crippen LogP contribution in [-0.2, 0) is 0 Å². The van der Waals surface area contributed by atoms with Crippen molar-refractivity contribution in [2.45, 2.75) is 19.6 Å². The number of ketones is 2. The van der Waals surface area contributed by atoms with Gasteiger partial charge in [-0.3, -0.25) is 9.59 Å². The average Bonchev–Trinajstić information content (AvgIpc) is 2.75. The third kappa shape index (κ3) is 6.72. The fraction of sp³-hybridized carbons (Fsp3) is 0.407. The predicted molar refractivity (Wildman–Crippen MR) is 151 cm³/mol. The van der Waals surface area contributed by atoms with Crippen LogP contribution < -0.4 is 10.6 Å². The van der Waals surface area contributed by atoms with Crippen molar-refractivity contribution in [1.82, 2.24) is 0 Å². The molecule has 0 unspecified atom stereocenters. The Morgan fingerprint density at radius 1 is 0.816 bits per heavy atom. The number of carbonyl (C=O) groups is 2. The van der Waals surface area contributed by atoms with Crippen LogP contribution in [0, 0.1) is 21.9 Å². The molecule has 1 aliphatic carbocycles. The summed E-state index contributed by atoms with van der Waals surface area (Å²) in [5.74, 6) is 1.02. The van der Waals surface area contributed by atoms with Gasteiger partial charge >= 0.3 is 0 Å². The number of likely N-dealkylation sites (N-methyl/N-ethyl adjacent to an activating group) is 2. The minimum atomic E-state index is -1.86. The number of nitrogens with zero attached hydrogens (tertiary/aromatic N) is 2. The molecular weight excluding hydrogens is 504 g/mol. The Balaban J connectivity index is 2.31. The highest BCUT2D eigenvalue weighted by Crippen LogP contribution is 2.43. The molecule has 0 saturated heterocycles. The van der Waals surface area contributed by atoms with Crippen molar-refractivity contribution in [3.63, 3.8) is 0 Å². The maximum absolute atomic E-state index is 13.9. The molecule has 0 radical (unpaired) electrons. The van der Waals surface area contributed by atoms with Gasteiger partial charge in [-0.25, -0.2) is 0 Å². The number of rotatable bonds is 8. The maximum atomic E-state index is 13.9. The molecule has 2 aromatic carbocycles. The summed E-state index contributed by atoms with van der Waals surface area (Å²) in [7, 11) is 4.13. The van der Waals surface area contributed by atoms with Gasteiger partial charge < -0.3 is 40.6 Å². The van der Waals surface area contributed by atoms with E-state index in [0.717, 1.165) is 12.1 Å². The van der Waals surface area contributed by atoms with Crippen molar-refractivity contribution < 1.29 is 29.1 Å². The van der Waals surface area contributed by atoms with Crippen LogP contribution in [0.2, 0.25) is 19.6 Å². The maximum Gasteiger partial charge on any atom is 0.200 e. The second kappa shape index (κ2) is 10.4. The molecule has 11 heteroatoms. The molecule has 3 rings (SSSR count). The van der Waals surface area contributed by atoms with Gasteiger partial charge in [0.25, 0.3) is 0 Å². The fourth-order valence-corrected chi connectivity index (χ4v) is 4.53. The number of aromatic hydroxyl groups is 2. The SMILES string of the molecule is C[N+](C)([O-])CCNc1cc(C#C[Si](C)(C)C)c(NCC[N+](C)(C)[O-])c2c1C(=O)c1c(O)ccc(O)c1C2=O. The van der Waals surface area contributed by atoms with Crippen LogP contribution in [0.5, 0.6) is 11.5 Å². The zero-order valence-electron chi connectivity index (χ0n) is 23.0. The zero-order chi connectivity index (χ0) is 28.6. The van der Waals surface area contributed by atoms with Crippen LogP contribution >= 0.6 is 0 Å². The van der Waals surface area contributed by atoms with E-state index >= 15 is 0 Å². The molecule has 0 saturated carbocycles. The number of carbonyl (C=O) groups excluding carboxylic acids is 2. The number of hydroxylamine groups is 6. The van der Waals surface area contributed by atoms with Crippen LogP contribution in [0.1, 0.15) is 37.4 Å². The smallest absolute Gasteiger partial charge is 0.200 e. The fourth-order valence-electron chi connectivity index (χ4n) is 4.02. The third-order valence-corrected chi connectivity index (χ3v) is 6.76. The normalized spacial score (nSPS) is 13.4. The lowest BCUT2D eigenvalue weighted by molar-refractivity contribution is -0.838. The summed E-state index contributed by atoms with van der Waals surface area (Å²) in [4.78, 5) is 27.7. The summed E-state index contributed by atoms with van der Waals surface area (Å²) >= 11 is 0. The van der Waals surface area contributed by atoms with E-state index in [4.69, 9.17) is 0 Å². The molecule has 0 spiro atoms. The molecule has 0 bridgehead atoms. The second-order valence-corrected chi connectivity index (χ2v) is 16.3. The lowest BCUT2D eigenvalue weighted by atomic mass is 9.80. The lowest BCUT2D eigenvalue weighted by Crippen LogP contribution is -2.37. The van der Waals surface area contributed by atoms with Crippen molar-refractivity contribution in [3.05, 3.63) is 56.4 Å². The van der Waals surface area contributed by atoms with Crippen molar-refractivity contribution >= 4 is 31.0 Å². The number of anilines is 2. The number of fused-ring (bicyclic) bond motifs is 2. The van der Waals surface area contributed by atoms with E-state index in [0.29, 0.717) is 11.3 Å². The highest BCUT2D eigenvalue weighted by molar-refractivity contribution is 6.83. The molecular formula is C27H36N4O6Si. The van der Waals surface area contributed by atoms with Crippen molar-refractivity contribution in [1.29, 1.82) is 0 Å². The van der Waals surface area contributed by atoms with Gasteiger partial charge in [-0.2, -0.15) is 0 Å². The van der Waals surface area contributed by atoms with Crippen LogP contribution in [-0.4, -0.2) is 93.5 Å². The molecule has 204 valence electrons. The first-order valence-electron chi connectivity index (χ1n) is 12.3. The zero-order valence-corrected chi connectivity index (χ0v) is 24.0. The summed E-state index contributed by atoms with van der Waals surface area (Å²) in [5.41, 5.74) is 3.76. The molecule has 38 heavy (non-hydrogen) atoms. The number of phenols is 2. The molecule has 0 fully saturated rings. The van der Waals surface area contributed by atoms with Crippen molar-refractivity contribution in [3.8, 4) is 23.0 Å². The highest BCUT2D eigenvalue weighted by Gasteiger charge is 2.39. The standard InChI is InChI=1S/C27H36N4O6Si/c1-30(2,36)13-11-28-18-16-17(10-15-38(5,6)7)25(29-12-14-31(3,4)37)24-21(18)26(34)22-19(32)8-9-20(33)23(22)27(24)35/h8-9,16,28-29,32-33H,11-14H2,1-7H3. The van der Waals surface area contributed by atoms with E-state index in [9.17, 15) is 30.2 Å². The van der Waals surface area contributed by atoms with E-state index in [1.54, 1.807) is 6.07 Å². The quantitative estimate of drug-likeness (QED) is 0.112. The molecule has 0 aliphatic heterocycles. The topological polar surface area (TPSA) is 145 Å². The molecule has 1 aliphatic rings. The summed E-state index contributed by atoms with van der Waals surface area (Å²) < 4.78 is -1.14. The Bertz CT molecular complexity index is 1340. The van der Waals surface area contributed by atoms with Crippen LogP contribution in [0.15, 0.2) is 18.2 Å². The molecule has 2 aromatic rings. The summed E-state index contributed by atoms with van der Waals surface area (Å²) in [6, 6.07) is 3.99. The monoisotopic (exact) mass is 540 g/mol. The van der Waals surface area contributed by atoms with Gasteiger partial charge in [-0.15, -0.1) is 5.54 Å². The minimum absolute atomic E-state index is 0.000328. The van der Waals surface area contributed by atoms with Gasteiger partial charge in [0.1, 0.15) is 19.6 Å².